The molecule has 32 heavy (non-hydrogen) atoms. The summed E-state index contributed by atoms with van der Waals surface area (Å²) in [5, 5.41) is 7.79. The number of esters is 3. The van der Waals surface area contributed by atoms with E-state index in [2.05, 4.69) is 15.2 Å². The Hall–Kier alpha value is -3.11. The molecule has 2 rings (SSSR count). The summed E-state index contributed by atoms with van der Waals surface area (Å²) in [7, 11) is 0. The Bertz CT molecular complexity index is 886. The Balaban J connectivity index is 2.42. The highest BCUT2D eigenvalue weighted by atomic mass is 16.6. The van der Waals surface area contributed by atoms with Crippen LogP contribution in [-0.4, -0.2) is 60.1 Å². The number of hydrogen-bond acceptors (Lipinski definition) is 10. The fraction of sp³-hybridized carbons (Fsp3) is 0.700. The molecule has 1 saturated heterocycles. The van der Waals surface area contributed by atoms with Crippen molar-refractivity contribution >= 4 is 17.9 Å². The van der Waals surface area contributed by atoms with Gasteiger partial charge in [-0.25, -0.2) is 0 Å². The van der Waals surface area contributed by atoms with Crippen molar-refractivity contribution in [1.29, 1.82) is 0 Å². The minimum Gasteiger partial charge on any atom is -0.463 e. The summed E-state index contributed by atoms with van der Waals surface area (Å²) in [4.78, 5) is 37.7. The second-order valence-electron chi connectivity index (χ2n) is 8.49. The van der Waals surface area contributed by atoms with Gasteiger partial charge in [-0.3, -0.25) is 14.4 Å². The molecule has 1 aliphatic heterocycles. The van der Waals surface area contributed by atoms with E-state index in [1.165, 1.54) is 20.8 Å². The van der Waals surface area contributed by atoms with Crippen LogP contribution in [0.25, 0.3) is 10.4 Å². The predicted molar refractivity (Wildman–Crippen MR) is 108 cm³/mol. The van der Waals surface area contributed by atoms with Crippen molar-refractivity contribution in [2.24, 2.45) is 5.11 Å². The van der Waals surface area contributed by atoms with Crippen LogP contribution in [0.2, 0.25) is 0 Å². The van der Waals surface area contributed by atoms with E-state index in [4.69, 9.17) is 29.0 Å². The van der Waals surface area contributed by atoms with Crippen LogP contribution in [0.1, 0.15) is 53.0 Å². The van der Waals surface area contributed by atoms with Crippen LogP contribution >= 0.6 is 0 Å². The number of rotatable bonds is 7. The number of hydrogen-bond donors (Lipinski definition) is 0. The average molecular weight is 452 g/mol. The van der Waals surface area contributed by atoms with Crippen molar-refractivity contribution in [3.63, 3.8) is 0 Å². The molecule has 0 bridgehead atoms. The van der Waals surface area contributed by atoms with Gasteiger partial charge in [-0.15, -0.1) is 0 Å². The molecule has 12 nitrogen and oxygen atoms in total. The van der Waals surface area contributed by atoms with E-state index in [1.807, 2.05) is 20.8 Å². The Kier molecular flexibility index (Phi) is 8.23. The normalized spacial score (nSPS) is 25.4. The van der Waals surface area contributed by atoms with E-state index in [0.717, 1.165) is 0 Å². The zero-order valence-corrected chi connectivity index (χ0v) is 18.9. The standard InChI is InChI=1S/C20H28N4O8/c1-10(25)28-9-15-19(30-12(3)27)17(22-24-21)18(29-11(2)26)14(31-15)7-13-8-16(23-32-13)20(4,5)6/h8,14-15,17-19H,7,9H2,1-6H3/t14-,15-,17-,18+,19+/m1/s1. The van der Waals surface area contributed by atoms with Gasteiger partial charge in [0.1, 0.15) is 42.8 Å². The van der Waals surface area contributed by atoms with Crippen molar-refractivity contribution in [2.75, 3.05) is 6.61 Å². The van der Waals surface area contributed by atoms with Gasteiger partial charge in [-0.2, -0.15) is 0 Å². The van der Waals surface area contributed by atoms with E-state index in [0.29, 0.717) is 11.5 Å². The zero-order valence-electron chi connectivity index (χ0n) is 18.9. The number of ether oxygens (including phenoxy) is 4. The molecule has 1 aromatic rings. The largest absolute Gasteiger partial charge is 0.463 e. The molecule has 0 N–H and O–H groups in total. The molecule has 0 aliphatic carbocycles. The summed E-state index contributed by atoms with van der Waals surface area (Å²) in [5.74, 6) is -1.43. The molecular formula is C20H28N4O8. The monoisotopic (exact) mass is 452 g/mol. The molecule has 0 radical (unpaired) electrons. The van der Waals surface area contributed by atoms with Crippen molar-refractivity contribution in [3.8, 4) is 0 Å². The fourth-order valence-corrected chi connectivity index (χ4v) is 3.33. The van der Waals surface area contributed by atoms with Crippen LogP contribution in [0.4, 0.5) is 0 Å². The van der Waals surface area contributed by atoms with Gasteiger partial charge in [-0.1, -0.05) is 31.0 Å². The van der Waals surface area contributed by atoms with Crippen LogP contribution < -0.4 is 0 Å². The van der Waals surface area contributed by atoms with Gasteiger partial charge >= 0.3 is 17.9 Å². The van der Waals surface area contributed by atoms with Crippen LogP contribution in [0, 0.1) is 0 Å². The molecule has 0 amide bonds. The lowest BCUT2D eigenvalue weighted by Crippen LogP contribution is -2.60. The third kappa shape index (κ3) is 6.69. The summed E-state index contributed by atoms with van der Waals surface area (Å²) in [6, 6.07) is 0.632. The molecule has 176 valence electrons. The summed E-state index contributed by atoms with van der Waals surface area (Å²) < 4.78 is 27.2. The quantitative estimate of drug-likeness (QED) is 0.199. The van der Waals surface area contributed by atoms with E-state index in [9.17, 15) is 14.4 Å². The van der Waals surface area contributed by atoms with Gasteiger partial charge in [0.25, 0.3) is 0 Å². The first kappa shape index (κ1) is 25.2. The smallest absolute Gasteiger partial charge is 0.303 e. The van der Waals surface area contributed by atoms with Gasteiger partial charge in [0.15, 0.2) is 0 Å². The van der Waals surface area contributed by atoms with Gasteiger partial charge in [0.05, 0.1) is 5.69 Å². The molecule has 0 aromatic carbocycles. The number of azide groups is 1. The Morgan fingerprint density at radius 3 is 2.16 bits per heavy atom. The molecule has 0 unspecified atom stereocenters. The number of carbonyl (C=O) groups is 3. The highest BCUT2D eigenvalue weighted by Gasteiger charge is 2.50. The van der Waals surface area contributed by atoms with Gasteiger partial charge < -0.3 is 23.5 Å². The first-order valence-electron chi connectivity index (χ1n) is 10.1. The van der Waals surface area contributed by atoms with Gasteiger partial charge in [0, 0.05) is 43.6 Å². The fourth-order valence-electron chi connectivity index (χ4n) is 3.33. The molecule has 5 atom stereocenters. The lowest BCUT2D eigenvalue weighted by atomic mass is 9.89. The van der Waals surface area contributed by atoms with Gasteiger partial charge in [-0.05, 0) is 5.53 Å². The third-order valence-electron chi connectivity index (χ3n) is 4.73. The van der Waals surface area contributed by atoms with Gasteiger partial charge in [0.2, 0.25) is 0 Å². The molecule has 2 heterocycles. The maximum Gasteiger partial charge on any atom is 0.303 e. The van der Waals surface area contributed by atoms with Crippen LogP contribution in [0.5, 0.6) is 0 Å². The second kappa shape index (κ2) is 10.5. The predicted octanol–water partition coefficient (Wildman–Crippen LogP) is 2.39. The molecule has 0 spiro atoms. The lowest BCUT2D eigenvalue weighted by Gasteiger charge is -2.43. The highest BCUT2D eigenvalue weighted by Crippen LogP contribution is 2.32. The zero-order chi connectivity index (χ0) is 24.1. The first-order valence-corrected chi connectivity index (χ1v) is 10.1. The molecule has 0 saturated carbocycles. The summed E-state index contributed by atoms with van der Waals surface area (Å²) in [5.41, 5.74) is 9.58. The van der Waals surface area contributed by atoms with E-state index < -0.39 is 48.4 Å². The summed E-state index contributed by atoms with van der Waals surface area (Å²) in [6.45, 7) is 9.25. The maximum atomic E-state index is 11.8. The number of aromatic nitrogens is 1. The van der Waals surface area contributed by atoms with Crippen LogP contribution in [-0.2, 0) is 45.2 Å². The van der Waals surface area contributed by atoms with Crippen molar-refractivity contribution < 1.29 is 37.9 Å². The summed E-state index contributed by atoms with van der Waals surface area (Å²) in [6.07, 6.45) is -3.96. The first-order chi connectivity index (χ1) is 14.9. The summed E-state index contributed by atoms with van der Waals surface area (Å²) >= 11 is 0. The van der Waals surface area contributed by atoms with Crippen molar-refractivity contribution in [3.05, 3.63) is 28.0 Å². The minimum absolute atomic E-state index is 0.113. The second-order valence-corrected chi connectivity index (χ2v) is 8.49. The van der Waals surface area contributed by atoms with Crippen LogP contribution in [0.3, 0.4) is 0 Å². The van der Waals surface area contributed by atoms with E-state index in [-0.39, 0.29) is 18.4 Å². The van der Waals surface area contributed by atoms with Crippen molar-refractivity contribution in [1.82, 2.24) is 5.16 Å². The molecule has 1 aliphatic rings. The minimum atomic E-state index is -1.15. The maximum absolute atomic E-state index is 11.8. The third-order valence-corrected chi connectivity index (χ3v) is 4.73. The van der Waals surface area contributed by atoms with E-state index in [1.54, 1.807) is 6.07 Å². The number of carbonyl (C=O) groups excluding carboxylic acids is 3. The van der Waals surface area contributed by atoms with E-state index >= 15 is 0 Å². The van der Waals surface area contributed by atoms with Crippen LogP contribution in [0.15, 0.2) is 15.7 Å². The topological polar surface area (TPSA) is 163 Å². The molecular weight excluding hydrogens is 424 g/mol. The van der Waals surface area contributed by atoms with Crippen molar-refractivity contribution in [2.45, 2.75) is 83.8 Å². The Labute approximate surface area is 185 Å². The molecule has 12 heteroatoms. The SMILES string of the molecule is CC(=O)OC[C@H]1O[C@H](Cc2cc(C(C)(C)C)no2)[C@H](OC(C)=O)[C@@H](N=[N+]=[N-])[C@H]1OC(C)=O. The average Bonchev–Trinajstić information content (AvgIpc) is 3.13. The Morgan fingerprint density at radius 2 is 1.69 bits per heavy atom. The molecule has 1 fully saturated rings. The highest BCUT2D eigenvalue weighted by molar-refractivity contribution is 5.67. The Morgan fingerprint density at radius 1 is 1.09 bits per heavy atom. The lowest BCUT2D eigenvalue weighted by molar-refractivity contribution is -0.217. The molecule has 1 aromatic heterocycles. The number of nitrogens with zero attached hydrogens (tertiary/aromatic N) is 4.